The second-order valence-corrected chi connectivity index (χ2v) is 8.94. The first-order valence-corrected chi connectivity index (χ1v) is 11.7. The maximum Gasteiger partial charge on any atom is 0.338 e. The summed E-state index contributed by atoms with van der Waals surface area (Å²) in [7, 11) is -1.91. The number of carbonyl (C=O) groups excluding carboxylic acids is 2. The number of anilines is 2. The van der Waals surface area contributed by atoms with E-state index in [9.17, 15) is 18.0 Å². The van der Waals surface area contributed by atoms with Crippen LogP contribution in [0.3, 0.4) is 0 Å². The molecule has 2 aromatic rings. The van der Waals surface area contributed by atoms with E-state index < -0.39 is 22.1 Å². The standard InChI is InChI=1S/C22H28N2O6S/c1-6-20(30-17-13-11-16(12-14-17)24(4)31(5,27)28)21(25)23-19-10-8-9-18(15(19)3)22(26)29-7-2/h8-14,20H,6-7H2,1-5H3,(H,23,25)/t20-/m0/s1. The van der Waals surface area contributed by atoms with Crippen LogP contribution in [0.1, 0.15) is 36.2 Å². The third kappa shape index (κ3) is 6.21. The Balaban J connectivity index is 2.13. The molecule has 0 heterocycles. The van der Waals surface area contributed by atoms with Gasteiger partial charge in [-0.3, -0.25) is 9.10 Å². The van der Waals surface area contributed by atoms with Crippen LogP contribution >= 0.6 is 0 Å². The van der Waals surface area contributed by atoms with Crippen LogP contribution in [-0.2, 0) is 19.6 Å². The third-order valence-corrected chi connectivity index (χ3v) is 5.93. The molecule has 31 heavy (non-hydrogen) atoms. The van der Waals surface area contributed by atoms with Gasteiger partial charge in [-0.05, 0) is 62.2 Å². The number of nitrogens with one attached hydrogen (secondary N) is 1. The van der Waals surface area contributed by atoms with Gasteiger partial charge in [-0.1, -0.05) is 13.0 Å². The van der Waals surface area contributed by atoms with Crippen molar-refractivity contribution in [2.24, 2.45) is 0 Å². The summed E-state index contributed by atoms with van der Waals surface area (Å²) in [4.78, 5) is 24.8. The van der Waals surface area contributed by atoms with Crippen molar-refractivity contribution in [3.05, 3.63) is 53.6 Å². The number of carbonyl (C=O) groups is 2. The number of hydrogen-bond acceptors (Lipinski definition) is 6. The Morgan fingerprint density at radius 2 is 1.74 bits per heavy atom. The first-order valence-electron chi connectivity index (χ1n) is 9.86. The van der Waals surface area contributed by atoms with Gasteiger partial charge < -0.3 is 14.8 Å². The maximum atomic E-state index is 12.8. The van der Waals surface area contributed by atoms with Crippen molar-refractivity contribution in [1.29, 1.82) is 0 Å². The van der Waals surface area contributed by atoms with E-state index in [1.807, 2.05) is 6.92 Å². The monoisotopic (exact) mass is 448 g/mol. The molecule has 8 nitrogen and oxygen atoms in total. The van der Waals surface area contributed by atoms with Gasteiger partial charge in [0.15, 0.2) is 6.10 Å². The topological polar surface area (TPSA) is 102 Å². The van der Waals surface area contributed by atoms with E-state index in [1.165, 1.54) is 7.05 Å². The van der Waals surface area contributed by atoms with Gasteiger partial charge in [0.1, 0.15) is 5.75 Å². The molecular formula is C22H28N2O6S. The fraction of sp³-hybridized carbons (Fsp3) is 0.364. The normalized spacial score (nSPS) is 12.0. The van der Waals surface area contributed by atoms with E-state index in [2.05, 4.69) is 5.32 Å². The number of nitrogens with zero attached hydrogens (tertiary/aromatic N) is 1. The maximum absolute atomic E-state index is 12.8. The molecule has 1 N–H and O–H groups in total. The lowest BCUT2D eigenvalue weighted by Gasteiger charge is -2.20. The molecule has 0 aliphatic rings. The number of benzene rings is 2. The van der Waals surface area contributed by atoms with Gasteiger partial charge in [-0.2, -0.15) is 0 Å². The highest BCUT2D eigenvalue weighted by molar-refractivity contribution is 7.92. The van der Waals surface area contributed by atoms with Crippen LogP contribution in [0.15, 0.2) is 42.5 Å². The minimum absolute atomic E-state index is 0.263. The van der Waals surface area contributed by atoms with E-state index >= 15 is 0 Å². The van der Waals surface area contributed by atoms with Gasteiger partial charge >= 0.3 is 5.97 Å². The molecule has 168 valence electrons. The molecule has 0 fully saturated rings. The van der Waals surface area contributed by atoms with E-state index in [0.717, 1.165) is 10.6 Å². The summed E-state index contributed by atoms with van der Waals surface area (Å²) in [5.41, 5.74) is 1.98. The quantitative estimate of drug-likeness (QED) is 0.590. The number of amides is 1. The van der Waals surface area contributed by atoms with Crippen molar-refractivity contribution in [2.45, 2.75) is 33.3 Å². The Kier molecular flexibility index (Phi) is 8.04. The molecule has 0 aromatic heterocycles. The minimum Gasteiger partial charge on any atom is -0.481 e. The van der Waals surface area contributed by atoms with Crippen molar-refractivity contribution in [3.63, 3.8) is 0 Å². The summed E-state index contributed by atoms with van der Waals surface area (Å²) in [5, 5.41) is 2.81. The molecule has 1 atom stereocenters. The largest absolute Gasteiger partial charge is 0.481 e. The highest BCUT2D eigenvalue weighted by atomic mass is 32.2. The summed E-state index contributed by atoms with van der Waals surface area (Å²) in [6, 6.07) is 11.5. The summed E-state index contributed by atoms with van der Waals surface area (Å²) in [5.74, 6) is -0.368. The summed E-state index contributed by atoms with van der Waals surface area (Å²) < 4.78 is 35.3. The Morgan fingerprint density at radius 3 is 2.29 bits per heavy atom. The number of rotatable bonds is 9. The van der Waals surface area contributed by atoms with Gasteiger partial charge in [0.25, 0.3) is 5.91 Å². The van der Waals surface area contributed by atoms with Crippen molar-refractivity contribution in [3.8, 4) is 5.75 Å². The fourth-order valence-corrected chi connectivity index (χ4v) is 3.33. The zero-order chi connectivity index (χ0) is 23.2. The molecule has 0 unspecified atom stereocenters. The minimum atomic E-state index is -3.37. The molecule has 0 spiro atoms. The predicted molar refractivity (Wildman–Crippen MR) is 120 cm³/mol. The third-order valence-electron chi connectivity index (χ3n) is 4.73. The highest BCUT2D eigenvalue weighted by Gasteiger charge is 2.21. The van der Waals surface area contributed by atoms with Crippen LogP contribution in [0.25, 0.3) is 0 Å². The van der Waals surface area contributed by atoms with Crippen LogP contribution in [0.2, 0.25) is 0 Å². The predicted octanol–water partition coefficient (Wildman–Crippen LogP) is 3.36. The van der Waals surface area contributed by atoms with Crippen molar-refractivity contribution < 1.29 is 27.5 Å². The summed E-state index contributed by atoms with van der Waals surface area (Å²) in [6.07, 6.45) is 0.755. The number of esters is 1. The smallest absolute Gasteiger partial charge is 0.338 e. The average Bonchev–Trinajstić information content (AvgIpc) is 2.72. The van der Waals surface area contributed by atoms with Gasteiger partial charge in [0.05, 0.1) is 24.1 Å². The van der Waals surface area contributed by atoms with Gasteiger partial charge in [0, 0.05) is 12.7 Å². The Hall–Kier alpha value is -3.07. The molecule has 0 aliphatic heterocycles. The van der Waals surface area contributed by atoms with Crippen LogP contribution in [0.4, 0.5) is 11.4 Å². The Morgan fingerprint density at radius 1 is 1.10 bits per heavy atom. The molecule has 0 saturated carbocycles. The Labute approximate surface area is 183 Å². The van der Waals surface area contributed by atoms with Crippen LogP contribution < -0.4 is 14.4 Å². The van der Waals surface area contributed by atoms with Crippen LogP contribution in [0, 0.1) is 6.92 Å². The molecular weight excluding hydrogens is 420 g/mol. The molecule has 0 radical (unpaired) electrons. The average molecular weight is 449 g/mol. The molecule has 1 amide bonds. The molecule has 0 saturated heterocycles. The van der Waals surface area contributed by atoms with Gasteiger partial charge in [-0.25, -0.2) is 13.2 Å². The zero-order valence-electron chi connectivity index (χ0n) is 18.3. The van der Waals surface area contributed by atoms with E-state index in [4.69, 9.17) is 9.47 Å². The second-order valence-electron chi connectivity index (χ2n) is 6.93. The van der Waals surface area contributed by atoms with Gasteiger partial charge in [-0.15, -0.1) is 0 Å². The number of sulfonamides is 1. The van der Waals surface area contributed by atoms with Gasteiger partial charge in [0.2, 0.25) is 10.0 Å². The fourth-order valence-electron chi connectivity index (χ4n) is 2.83. The van der Waals surface area contributed by atoms with E-state index in [-0.39, 0.29) is 12.5 Å². The SMILES string of the molecule is CCOC(=O)c1cccc(NC(=O)[C@H](CC)Oc2ccc(N(C)S(C)(=O)=O)cc2)c1C. The molecule has 2 aromatic carbocycles. The molecule has 0 bridgehead atoms. The number of hydrogen-bond donors (Lipinski definition) is 1. The molecule has 9 heteroatoms. The zero-order valence-corrected chi connectivity index (χ0v) is 19.2. The van der Waals surface area contributed by atoms with Crippen molar-refractivity contribution in [1.82, 2.24) is 0 Å². The second kappa shape index (κ2) is 10.3. The molecule has 2 rings (SSSR count). The van der Waals surface area contributed by atoms with Crippen LogP contribution in [0.5, 0.6) is 5.75 Å². The molecule has 0 aliphatic carbocycles. The first kappa shape index (κ1) is 24.2. The lowest BCUT2D eigenvalue weighted by atomic mass is 10.1. The first-order chi connectivity index (χ1) is 14.6. The van der Waals surface area contributed by atoms with Crippen molar-refractivity contribution >= 4 is 33.3 Å². The Bertz CT molecular complexity index is 1030. The van der Waals surface area contributed by atoms with E-state index in [1.54, 1.807) is 56.3 Å². The number of ether oxygens (including phenoxy) is 2. The lowest BCUT2D eigenvalue weighted by Crippen LogP contribution is -2.32. The van der Waals surface area contributed by atoms with Crippen molar-refractivity contribution in [2.75, 3.05) is 29.5 Å². The highest BCUT2D eigenvalue weighted by Crippen LogP contribution is 2.23. The summed E-state index contributed by atoms with van der Waals surface area (Å²) in [6.45, 7) is 5.55. The summed E-state index contributed by atoms with van der Waals surface area (Å²) >= 11 is 0. The van der Waals surface area contributed by atoms with Crippen LogP contribution in [-0.4, -0.2) is 46.3 Å². The van der Waals surface area contributed by atoms with E-state index in [0.29, 0.717) is 34.7 Å². The lowest BCUT2D eigenvalue weighted by molar-refractivity contribution is -0.122.